The summed E-state index contributed by atoms with van der Waals surface area (Å²) in [5, 5.41) is 0. The number of carbonyl (C=O) groups is 3. The molecule has 48 valence electrons. The lowest BCUT2D eigenvalue weighted by molar-refractivity contribution is -0.141. The second-order valence-electron chi connectivity index (χ2n) is 1.86. The molecule has 4 nitrogen and oxygen atoms in total. The lowest BCUT2D eigenvalue weighted by Gasteiger charge is -1.99. The van der Waals surface area contributed by atoms with E-state index in [-0.39, 0.29) is 6.42 Å². The van der Waals surface area contributed by atoms with Crippen LogP contribution in [0.1, 0.15) is 6.42 Å². The van der Waals surface area contributed by atoms with Crippen LogP contribution in [0.15, 0.2) is 0 Å². The van der Waals surface area contributed by atoms with Crippen molar-refractivity contribution in [3.05, 3.63) is 0 Å². The van der Waals surface area contributed by atoms with Crippen LogP contribution < -0.4 is 0 Å². The summed E-state index contributed by atoms with van der Waals surface area (Å²) >= 11 is 0. The zero-order valence-corrected chi connectivity index (χ0v) is 4.88. The van der Waals surface area contributed by atoms with Crippen molar-refractivity contribution in [3.63, 3.8) is 0 Å². The summed E-state index contributed by atoms with van der Waals surface area (Å²) in [5.41, 5.74) is 0. The first kappa shape index (κ1) is 5.94. The van der Waals surface area contributed by atoms with E-state index in [9.17, 15) is 14.4 Å². The van der Waals surface area contributed by atoms with Crippen LogP contribution in [0.2, 0.25) is 0 Å². The van der Waals surface area contributed by atoms with Gasteiger partial charge in [-0.3, -0.25) is 19.3 Å². The van der Waals surface area contributed by atoms with Gasteiger partial charge in [-0.25, -0.2) is 0 Å². The maximum atomic E-state index is 10.5. The van der Waals surface area contributed by atoms with Gasteiger partial charge in [-0.2, -0.15) is 0 Å². The predicted octanol–water partition coefficient (Wildman–Crippen LogP) is -1.06. The van der Waals surface area contributed by atoms with E-state index in [2.05, 4.69) is 0 Å². The van der Waals surface area contributed by atoms with Crippen LogP contribution >= 0.6 is 0 Å². The van der Waals surface area contributed by atoms with Crippen molar-refractivity contribution < 1.29 is 14.4 Å². The Morgan fingerprint density at radius 3 is 2.00 bits per heavy atom. The van der Waals surface area contributed by atoms with Gasteiger partial charge in [0.05, 0.1) is 6.42 Å². The third kappa shape index (κ3) is 0.718. The SMILES string of the molecule is CN1C(=O)CC(=O)C1=O. The van der Waals surface area contributed by atoms with Crippen molar-refractivity contribution in [2.24, 2.45) is 0 Å². The molecule has 0 radical (unpaired) electrons. The van der Waals surface area contributed by atoms with E-state index in [0.29, 0.717) is 0 Å². The molecule has 4 heteroatoms. The summed E-state index contributed by atoms with van der Waals surface area (Å²) in [5.74, 6) is -1.72. The summed E-state index contributed by atoms with van der Waals surface area (Å²) < 4.78 is 0. The molecule has 9 heavy (non-hydrogen) atoms. The molecule has 0 saturated carbocycles. The van der Waals surface area contributed by atoms with Gasteiger partial charge in [-0.15, -0.1) is 0 Å². The van der Waals surface area contributed by atoms with Gasteiger partial charge in [0.2, 0.25) is 11.7 Å². The van der Waals surface area contributed by atoms with Crippen molar-refractivity contribution >= 4 is 17.6 Å². The normalized spacial score (nSPS) is 19.7. The van der Waals surface area contributed by atoms with Gasteiger partial charge in [-0.1, -0.05) is 0 Å². The van der Waals surface area contributed by atoms with Crippen LogP contribution in [-0.4, -0.2) is 29.5 Å². The Labute approximate surface area is 51.4 Å². The van der Waals surface area contributed by atoms with Crippen molar-refractivity contribution in [2.45, 2.75) is 6.42 Å². The number of Topliss-reactive ketones (excluding diaryl/α,β-unsaturated/α-hetero) is 1. The lowest BCUT2D eigenvalue weighted by Crippen LogP contribution is -2.25. The lowest BCUT2D eigenvalue weighted by atomic mass is 10.3. The molecule has 1 aliphatic rings. The van der Waals surface area contributed by atoms with E-state index in [0.717, 1.165) is 4.90 Å². The third-order valence-electron chi connectivity index (χ3n) is 1.23. The first-order valence-electron chi connectivity index (χ1n) is 2.46. The Morgan fingerprint density at radius 2 is 1.89 bits per heavy atom. The summed E-state index contributed by atoms with van der Waals surface area (Å²) in [6, 6.07) is 0. The minimum atomic E-state index is -0.694. The van der Waals surface area contributed by atoms with Crippen LogP contribution in [0, 0.1) is 0 Å². The Morgan fingerprint density at radius 1 is 1.33 bits per heavy atom. The zero-order chi connectivity index (χ0) is 7.02. The number of hydrogen-bond donors (Lipinski definition) is 0. The molecule has 1 saturated heterocycles. The molecule has 2 amide bonds. The topological polar surface area (TPSA) is 54.5 Å². The van der Waals surface area contributed by atoms with E-state index in [1.165, 1.54) is 7.05 Å². The predicted molar refractivity (Wildman–Crippen MR) is 27.4 cm³/mol. The number of hydrogen-bond acceptors (Lipinski definition) is 3. The maximum Gasteiger partial charge on any atom is 0.296 e. The van der Waals surface area contributed by atoms with Gasteiger partial charge in [-0.05, 0) is 0 Å². The van der Waals surface area contributed by atoms with E-state index in [1.807, 2.05) is 0 Å². The smallest absolute Gasteiger partial charge is 0.288 e. The molecular weight excluding hydrogens is 122 g/mol. The molecular formula is C5H5NO3. The van der Waals surface area contributed by atoms with Gasteiger partial charge in [0.1, 0.15) is 0 Å². The monoisotopic (exact) mass is 127 g/mol. The molecule has 1 rings (SSSR count). The number of amides is 2. The molecule has 0 bridgehead atoms. The summed E-state index contributed by atoms with van der Waals surface area (Å²) in [6.45, 7) is 0. The minimum Gasteiger partial charge on any atom is -0.288 e. The fourth-order valence-corrected chi connectivity index (χ4v) is 0.632. The molecule has 1 fully saturated rings. The van der Waals surface area contributed by atoms with Crippen molar-refractivity contribution in [1.29, 1.82) is 0 Å². The first-order chi connectivity index (χ1) is 4.13. The number of likely N-dealkylation sites (N-methyl/N-ethyl adjacent to an activating group) is 1. The molecule has 1 aliphatic heterocycles. The largest absolute Gasteiger partial charge is 0.296 e. The Hall–Kier alpha value is -1.19. The highest BCUT2D eigenvalue weighted by atomic mass is 16.2. The zero-order valence-electron chi connectivity index (χ0n) is 4.88. The maximum absolute atomic E-state index is 10.5. The Bertz CT molecular complexity index is 196. The summed E-state index contributed by atoms with van der Waals surface area (Å²) in [7, 11) is 1.30. The van der Waals surface area contributed by atoms with E-state index < -0.39 is 17.6 Å². The molecule has 0 aromatic heterocycles. The fourth-order valence-electron chi connectivity index (χ4n) is 0.632. The standard InChI is InChI=1S/C5H5NO3/c1-6-4(8)2-3(7)5(6)9/h2H2,1H3. The summed E-state index contributed by atoms with van der Waals surface area (Å²) in [6.07, 6.45) is -0.255. The van der Waals surface area contributed by atoms with Gasteiger partial charge in [0.25, 0.3) is 5.91 Å². The Kier molecular flexibility index (Phi) is 1.09. The van der Waals surface area contributed by atoms with E-state index >= 15 is 0 Å². The first-order valence-corrected chi connectivity index (χ1v) is 2.46. The van der Waals surface area contributed by atoms with E-state index in [1.54, 1.807) is 0 Å². The van der Waals surface area contributed by atoms with Crippen molar-refractivity contribution in [1.82, 2.24) is 4.90 Å². The number of ketones is 1. The molecule has 1 heterocycles. The number of rotatable bonds is 0. The summed E-state index contributed by atoms with van der Waals surface area (Å²) in [4.78, 5) is 32.2. The Balaban J connectivity index is 2.90. The van der Waals surface area contributed by atoms with Crippen LogP contribution in [0.25, 0.3) is 0 Å². The number of carbonyl (C=O) groups excluding carboxylic acids is 3. The molecule has 0 aliphatic carbocycles. The third-order valence-corrected chi connectivity index (χ3v) is 1.23. The highest BCUT2D eigenvalue weighted by Gasteiger charge is 2.33. The molecule has 0 N–H and O–H groups in total. The van der Waals surface area contributed by atoms with Gasteiger partial charge in [0.15, 0.2) is 0 Å². The van der Waals surface area contributed by atoms with Gasteiger partial charge in [0, 0.05) is 7.05 Å². The van der Waals surface area contributed by atoms with Gasteiger partial charge < -0.3 is 0 Å². The van der Waals surface area contributed by atoms with Crippen molar-refractivity contribution in [3.8, 4) is 0 Å². The van der Waals surface area contributed by atoms with Crippen LogP contribution in [0.4, 0.5) is 0 Å². The second kappa shape index (κ2) is 1.65. The number of imide groups is 1. The average Bonchev–Trinajstić information content (AvgIpc) is 1.98. The number of nitrogens with zero attached hydrogens (tertiary/aromatic N) is 1. The minimum absolute atomic E-state index is 0.255. The fraction of sp³-hybridized carbons (Fsp3) is 0.400. The molecule has 0 spiro atoms. The van der Waals surface area contributed by atoms with Gasteiger partial charge >= 0.3 is 0 Å². The molecule has 0 aromatic carbocycles. The quantitative estimate of drug-likeness (QED) is 0.237. The second-order valence-corrected chi connectivity index (χ2v) is 1.86. The molecule has 0 unspecified atom stereocenters. The number of likely N-dealkylation sites (tertiary alicyclic amines) is 1. The average molecular weight is 127 g/mol. The molecule has 0 atom stereocenters. The molecule has 0 aromatic rings. The van der Waals surface area contributed by atoms with Crippen LogP contribution in [-0.2, 0) is 14.4 Å². The highest BCUT2D eigenvalue weighted by Crippen LogP contribution is 2.03. The van der Waals surface area contributed by atoms with Crippen LogP contribution in [0.5, 0.6) is 0 Å². The van der Waals surface area contributed by atoms with E-state index in [4.69, 9.17) is 0 Å². The highest BCUT2D eigenvalue weighted by molar-refractivity contribution is 6.46. The van der Waals surface area contributed by atoms with Crippen LogP contribution in [0.3, 0.4) is 0 Å². The van der Waals surface area contributed by atoms with Crippen molar-refractivity contribution in [2.75, 3.05) is 7.05 Å².